The van der Waals surface area contributed by atoms with Crippen molar-refractivity contribution in [2.75, 3.05) is 32.7 Å². The van der Waals surface area contributed by atoms with Gasteiger partial charge < -0.3 is 14.6 Å². The minimum atomic E-state index is -0.0305. The summed E-state index contributed by atoms with van der Waals surface area (Å²) in [5.74, 6) is 0.375. The average molecular weight is 279 g/mol. The van der Waals surface area contributed by atoms with Gasteiger partial charge in [-0.3, -0.25) is 9.69 Å². The van der Waals surface area contributed by atoms with Crippen LogP contribution in [0.3, 0.4) is 0 Å². The van der Waals surface area contributed by atoms with Gasteiger partial charge >= 0.3 is 6.03 Å². The van der Waals surface area contributed by atoms with Crippen LogP contribution in [0.5, 0.6) is 0 Å². The first kappa shape index (κ1) is 14.6. The van der Waals surface area contributed by atoms with Crippen LogP contribution in [0.4, 0.5) is 4.79 Å². The number of nitrogens with one attached hydrogen (secondary N) is 1. The van der Waals surface area contributed by atoms with Gasteiger partial charge in [-0.05, 0) is 26.0 Å². The predicted molar refractivity (Wildman–Crippen MR) is 74.7 cm³/mol. The number of urea groups is 1. The van der Waals surface area contributed by atoms with Crippen LogP contribution >= 0.6 is 0 Å². The molecule has 0 atom stereocenters. The molecule has 20 heavy (non-hydrogen) atoms. The summed E-state index contributed by atoms with van der Waals surface area (Å²) in [5, 5.41) is 2.88. The molecule has 1 aliphatic rings. The minimum absolute atomic E-state index is 0.0184. The maximum atomic E-state index is 11.9. The van der Waals surface area contributed by atoms with Crippen LogP contribution in [0, 0.1) is 0 Å². The molecule has 1 N–H and O–H groups in total. The number of hydrogen-bond acceptors (Lipinski definition) is 4. The van der Waals surface area contributed by atoms with Crippen LogP contribution in [-0.4, -0.2) is 60.4 Å². The summed E-state index contributed by atoms with van der Waals surface area (Å²) in [6, 6.07) is 3.49. The van der Waals surface area contributed by atoms with E-state index in [0.717, 1.165) is 0 Å². The van der Waals surface area contributed by atoms with Crippen molar-refractivity contribution in [2.45, 2.75) is 19.9 Å². The van der Waals surface area contributed by atoms with Gasteiger partial charge in [0, 0.05) is 32.2 Å². The molecule has 110 valence electrons. The summed E-state index contributed by atoms with van der Waals surface area (Å²) < 4.78 is 5.09. The van der Waals surface area contributed by atoms with Gasteiger partial charge in [0.2, 0.25) is 5.78 Å². The second-order valence-corrected chi connectivity index (χ2v) is 5.27. The van der Waals surface area contributed by atoms with Gasteiger partial charge in [-0.15, -0.1) is 0 Å². The monoisotopic (exact) mass is 279 g/mol. The average Bonchev–Trinajstić information content (AvgIpc) is 2.92. The zero-order valence-corrected chi connectivity index (χ0v) is 12.0. The lowest BCUT2D eigenvalue weighted by atomic mass is 10.2. The highest BCUT2D eigenvalue weighted by atomic mass is 16.3. The number of amides is 2. The molecule has 6 heteroatoms. The number of carbonyl (C=O) groups excluding carboxylic acids is 2. The van der Waals surface area contributed by atoms with Crippen LogP contribution in [0.2, 0.25) is 0 Å². The van der Waals surface area contributed by atoms with Crippen LogP contribution in [0.25, 0.3) is 0 Å². The standard InChI is InChI=1S/C14H21N3O3/c1-11(2)15-14(19)17-7-5-16(6-8-17)10-12(18)13-4-3-9-20-13/h3-4,9,11H,5-8,10H2,1-2H3,(H,15,19). The fourth-order valence-corrected chi connectivity index (χ4v) is 2.17. The van der Waals surface area contributed by atoms with Crippen molar-refractivity contribution in [3.05, 3.63) is 24.2 Å². The highest BCUT2D eigenvalue weighted by Gasteiger charge is 2.23. The van der Waals surface area contributed by atoms with Crippen LogP contribution in [0.1, 0.15) is 24.4 Å². The molecular formula is C14H21N3O3. The number of carbonyl (C=O) groups is 2. The molecule has 0 radical (unpaired) electrons. The van der Waals surface area contributed by atoms with Gasteiger partial charge in [-0.25, -0.2) is 4.79 Å². The third-order valence-corrected chi connectivity index (χ3v) is 3.23. The first-order chi connectivity index (χ1) is 9.56. The van der Waals surface area contributed by atoms with E-state index in [4.69, 9.17) is 4.42 Å². The third kappa shape index (κ3) is 3.84. The molecule has 0 unspecified atom stereocenters. The van der Waals surface area contributed by atoms with E-state index in [9.17, 15) is 9.59 Å². The summed E-state index contributed by atoms with van der Waals surface area (Å²) in [7, 11) is 0. The van der Waals surface area contributed by atoms with Gasteiger partial charge in [0.05, 0.1) is 12.8 Å². The smallest absolute Gasteiger partial charge is 0.317 e. The van der Waals surface area contributed by atoms with Crippen LogP contribution < -0.4 is 5.32 Å². The number of hydrogen-bond donors (Lipinski definition) is 1. The highest BCUT2D eigenvalue weighted by Crippen LogP contribution is 2.06. The first-order valence-electron chi connectivity index (χ1n) is 6.91. The quantitative estimate of drug-likeness (QED) is 0.841. The number of nitrogens with zero attached hydrogens (tertiary/aromatic N) is 2. The van der Waals surface area contributed by atoms with Crippen molar-refractivity contribution in [3.63, 3.8) is 0 Å². The Bertz CT molecular complexity index is 448. The second-order valence-electron chi connectivity index (χ2n) is 5.27. The van der Waals surface area contributed by atoms with Gasteiger partial charge in [0.1, 0.15) is 0 Å². The molecule has 0 aromatic carbocycles. The van der Waals surface area contributed by atoms with E-state index < -0.39 is 0 Å². The fourth-order valence-electron chi connectivity index (χ4n) is 2.17. The lowest BCUT2D eigenvalue weighted by molar-refractivity contribution is 0.0851. The Morgan fingerprint density at radius 3 is 2.55 bits per heavy atom. The van der Waals surface area contributed by atoms with Crippen molar-refractivity contribution in [2.24, 2.45) is 0 Å². The predicted octanol–water partition coefficient (Wildman–Crippen LogP) is 1.20. The molecular weight excluding hydrogens is 258 g/mol. The Hall–Kier alpha value is -1.82. The molecule has 2 heterocycles. The summed E-state index contributed by atoms with van der Waals surface area (Å²) in [6.45, 7) is 6.92. The van der Waals surface area contributed by atoms with Crippen LogP contribution in [0.15, 0.2) is 22.8 Å². The van der Waals surface area contributed by atoms with Crippen molar-refractivity contribution in [1.82, 2.24) is 15.1 Å². The molecule has 6 nitrogen and oxygen atoms in total. The first-order valence-corrected chi connectivity index (χ1v) is 6.91. The van der Waals surface area contributed by atoms with Gasteiger partial charge in [0.15, 0.2) is 5.76 Å². The summed E-state index contributed by atoms with van der Waals surface area (Å²) >= 11 is 0. The Kier molecular flexibility index (Phi) is 4.79. The molecule has 0 saturated carbocycles. The van der Waals surface area contributed by atoms with E-state index in [1.165, 1.54) is 6.26 Å². The molecule has 0 bridgehead atoms. The minimum Gasteiger partial charge on any atom is -0.461 e. The summed E-state index contributed by atoms with van der Waals surface area (Å²) in [4.78, 5) is 27.6. The van der Waals surface area contributed by atoms with Crippen molar-refractivity contribution in [1.29, 1.82) is 0 Å². The number of ketones is 1. The number of Topliss-reactive ketones (excluding diaryl/α,β-unsaturated/α-hetero) is 1. The molecule has 0 spiro atoms. The van der Waals surface area contributed by atoms with E-state index in [-0.39, 0.29) is 17.9 Å². The largest absolute Gasteiger partial charge is 0.461 e. The topological polar surface area (TPSA) is 65.8 Å². The maximum Gasteiger partial charge on any atom is 0.317 e. The van der Waals surface area contributed by atoms with E-state index in [0.29, 0.717) is 38.5 Å². The Labute approximate surface area is 118 Å². The number of furan rings is 1. The lowest BCUT2D eigenvalue weighted by Crippen LogP contribution is -2.53. The van der Waals surface area contributed by atoms with E-state index in [1.54, 1.807) is 17.0 Å². The molecule has 2 rings (SSSR count). The highest BCUT2D eigenvalue weighted by molar-refractivity contribution is 5.95. The van der Waals surface area contributed by atoms with Crippen molar-refractivity contribution >= 4 is 11.8 Å². The molecule has 1 aromatic heterocycles. The zero-order valence-electron chi connectivity index (χ0n) is 12.0. The molecule has 0 aliphatic carbocycles. The Morgan fingerprint density at radius 1 is 1.30 bits per heavy atom. The normalized spacial score (nSPS) is 16.4. The van der Waals surface area contributed by atoms with Crippen molar-refractivity contribution < 1.29 is 14.0 Å². The zero-order chi connectivity index (χ0) is 14.5. The Morgan fingerprint density at radius 2 is 2.00 bits per heavy atom. The summed E-state index contributed by atoms with van der Waals surface area (Å²) in [5.41, 5.74) is 0. The molecule has 2 amide bonds. The number of rotatable bonds is 4. The Balaban J connectivity index is 1.77. The van der Waals surface area contributed by atoms with Gasteiger partial charge in [-0.1, -0.05) is 0 Å². The summed E-state index contributed by atoms with van der Waals surface area (Å²) in [6.07, 6.45) is 1.50. The van der Waals surface area contributed by atoms with E-state index in [1.807, 2.05) is 18.7 Å². The van der Waals surface area contributed by atoms with Crippen LogP contribution in [-0.2, 0) is 0 Å². The van der Waals surface area contributed by atoms with E-state index >= 15 is 0 Å². The lowest BCUT2D eigenvalue weighted by Gasteiger charge is -2.34. The molecule has 1 aliphatic heterocycles. The third-order valence-electron chi connectivity index (χ3n) is 3.23. The second kappa shape index (κ2) is 6.56. The van der Waals surface area contributed by atoms with Gasteiger partial charge in [0.25, 0.3) is 0 Å². The molecule has 1 aromatic rings. The molecule has 1 fully saturated rings. The SMILES string of the molecule is CC(C)NC(=O)N1CCN(CC(=O)c2ccco2)CC1. The molecule has 1 saturated heterocycles. The maximum absolute atomic E-state index is 11.9. The van der Waals surface area contributed by atoms with Crippen molar-refractivity contribution in [3.8, 4) is 0 Å². The fraction of sp³-hybridized carbons (Fsp3) is 0.571. The van der Waals surface area contributed by atoms with Gasteiger partial charge in [-0.2, -0.15) is 0 Å². The van der Waals surface area contributed by atoms with E-state index in [2.05, 4.69) is 5.32 Å². The number of piperazine rings is 1.